The molecule has 0 bridgehead atoms. The summed E-state index contributed by atoms with van der Waals surface area (Å²) in [5.41, 5.74) is 1.54. The van der Waals surface area contributed by atoms with Crippen LogP contribution in [0.25, 0.3) is 11.0 Å². The number of carbonyl (C=O) groups is 1. The Labute approximate surface area is 105 Å². The highest BCUT2D eigenvalue weighted by atomic mass is 79.9. The fraction of sp³-hybridized carbons (Fsp3) is 0.200. The molecule has 2 rings (SSSR count). The van der Waals surface area contributed by atoms with Gasteiger partial charge >= 0.3 is 5.97 Å². The van der Waals surface area contributed by atoms with Gasteiger partial charge < -0.3 is 9.30 Å². The summed E-state index contributed by atoms with van der Waals surface area (Å²) in [4.78, 5) is 15.4. The molecule has 6 heteroatoms. The van der Waals surface area contributed by atoms with Crippen molar-refractivity contribution in [2.75, 3.05) is 7.11 Å². The molecule has 1 aromatic carbocycles. The number of hydrogen-bond donors (Lipinski definition) is 0. The molecule has 84 valence electrons. The first-order chi connectivity index (χ1) is 7.61. The third kappa shape index (κ3) is 2.05. The van der Waals surface area contributed by atoms with Crippen molar-refractivity contribution in [1.82, 2.24) is 9.55 Å². The number of nitrogens with zero attached hydrogens (tertiary/aromatic N) is 2. The average Bonchev–Trinajstić information content (AvgIpc) is 2.54. The summed E-state index contributed by atoms with van der Waals surface area (Å²) in [6.07, 6.45) is 0. The van der Waals surface area contributed by atoms with Crippen molar-refractivity contribution >= 4 is 44.5 Å². The topological polar surface area (TPSA) is 44.1 Å². The summed E-state index contributed by atoms with van der Waals surface area (Å²) in [6.45, 7) is 0.0630. The highest BCUT2D eigenvalue weighted by molar-refractivity contribution is 9.10. The molecule has 16 heavy (non-hydrogen) atoms. The first kappa shape index (κ1) is 11.4. The second-order valence-corrected chi connectivity index (χ2v) is 4.43. The monoisotopic (exact) mass is 302 g/mol. The summed E-state index contributed by atoms with van der Waals surface area (Å²) < 4.78 is 7.12. The Kier molecular flexibility index (Phi) is 3.16. The molecule has 1 aromatic heterocycles. The Morgan fingerprint density at radius 2 is 2.38 bits per heavy atom. The largest absolute Gasteiger partial charge is 0.468 e. The number of fused-ring (bicyclic) bond motifs is 1. The maximum atomic E-state index is 11.2. The van der Waals surface area contributed by atoms with Crippen LogP contribution in [0.3, 0.4) is 0 Å². The third-order valence-corrected chi connectivity index (χ3v) is 2.96. The fourth-order valence-electron chi connectivity index (χ4n) is 1.42. The van der Waals surface area contributed by atoms with Crippen LogP contribution in [0.15, 0.2) is 22.7 Å². The van der Waals surface area contributed by atoms with E-state index in [2.05, 4.69) is 25.7 Å². The lowest BCUT2D eigenvalue weighted by atomic mass is 10.3. The van der Waals surface area contributed by atoms with Crippen LogP contribution in [0.5, 0.6) is 0 Å². The number of rotatable bonds is 2. The number of benzene rings is 1. The van der Waals surface area contributed by atoms with Gasteiger partial charge in [0.15, 0.2) is 0 Å². The standard InChI is InChI=1S/C10H8BrClN2O2/c1-16-9(15)5-14-8-3-2-6(11)4-7(8)13-10(14)12/h2-4H,5H2,1H3. The molecule has 0 aliphatic rings. The molecule has 1 heterocycles. The van der Waals surface area contributed by atoms with E-state index in [1.807, 2.05) is 18.2 Å². The zero-order valence-electron chi connectivity index (χ0n) is 8.41. The van der Waals surface area contributed by atoms with Gasteiger partial charge in [0, 0.05) is 4.47 Å². The van der Waals surface area contributed by atoms with Gasteiger partial charge in [0.05, 0.1) is 18.1 Å². The van der Waals surface area contributed by atoms with Crippen molar-refractivity contribution in [3.05, 3.63) is 28.0 Å². The lowest BCUT2D eigenvalue weighted by Gasteiger charge is -2.03. The van der Waals surface area contributed by atoms with Gasteiger partial charge in [-0.1, -0.05) is 15.9 Å². The molecule has 0 aliphatic heterocycles. The van der Waals surface area contributed by atoms with E-state index in [4.69, 9.17) is 11.6 Å². The molecule has 0 saturated carbocycles. The summed E-state index contributed by atoms with van der Waals surface area (Å²) in [5.74, 6) is -0.357. The predicted molar refractivity (Wildman–Crippen MR) is 64.5 cm³/mol. The van der Waals surface area contributed by atoms with Crippen molar-refractivity contribution in [2.45, 2.75) is 6.54 Å². The molecule has 0 spiro atoms. The van der Waals surface area contributed by atoms with Crippen molar-refractivity contribution in [3.8, 4) is 0 Å². The van der Waals surface area contributed by atoms with E-state index in [0.717, 1.165) is 15.5 Å². The van der Waals surface area contributed by atoms with Gasteiger partial charge in [0.2, 0.25) is 5.28 Å². The molecular formula is C10H8BrClN2O2. The van der Waals surface area contributed by atoms with Crippen LogP contribution in [0.2, 0.25) is 5.28 Å². The second-order valence-electron chi connectivity index (χ2n) is 3.18. The molecule has 0 N–H and O–H groups in total. The number of carbonyl (C=O) groups excluding carboxylic acids is 1. The lowest BCUT2D eigenvalue weighted by Crippen LogP contribution is -2.11. The number of methoxy groups -OCH3 is 1. The third-order valence-electron chi connectivity index (χ3n) is 2.18. The minimum absolute atomic E-state index is 0.0630. The molecule has 0 atom stereocenters. The van der Waals surface area contributed by atoms with Crippen LogP contribution in [0.1, 0.15) is 0 Å². The number of esters is 1. The minimum Gasteiger partial charge on any atom is -0.468 e. The zero-order chi connectivity index (χ0) is 11.7. The van der Waals surface area contributed by atoms with E-state index in [0.29, 0.717) is 0 Å². The van der Waals surface area contributed by atoms with Gasteiger partial charge in [-0.3, -0.25) is 4.79 Å². The van der Waals surface area contributed by atoms with Crippen LogP contribution < -0.4 is 0 Å². The van der Waals surface area contributed by atoms with Crippen molar-refractivity contribution in [1.29, 1.82) is 0 Å². The molecule has 4 nitrogen and oxygen atoms in total. The van der Waals surface area contributed by atoms with Crippen LogP contribution >= 0.6 is 27.5 Å². The van der Waals surface area contributed by atoms with Gasteiger partial charge in [-0.05, 0) is 29.8 Å². The number of aromatic nitrogens is 2. The van der Waals surface area contributed by atoms with E-state index in [1.165, 1.54) is 7.11 Å². The normalized spacial score (nSPS) is 10.7. The van der Waals surface area contributed by atoms with Crippen LogP contribution in [0.4, 0.5) is 0 Å². The van der Waals surface area contributed by atoms with Crippen LogP contribution in [0, 0.1) is 0 Å². The molecule has 0 radical (unpaired) electrons. The Morgan fingerprint density at radius 3 is 3.06 bits per heavy atom. The van der Waals surface area contributed by atoms with Gasteiger partial charge in [-0.25, -0.2) is 4.98 Å². The van der Waals surface area contributed by atoms with E-state index >= 15 is 0 Å². The number of halogens is 2. The van der Waals surface area contributed by atoms with E-state index in [-0.39, 0.29) is 17.8 Å². The highest BCUT2D eigenvalue weighted by Crippen LogP contribution is 2.23. The van der Waals surface area contributed by atoms with E-state index in [1.54, 1.807) is 4.57 Å². The first-order valence-electron chi connectivity index (χ1n) is 4.50. The fourth-order valence-corrected chi connectivity index (χ4v) is 2.01. The Balaban J connectivity index is 2.52. The molecule has 0 saturated heterocycles. The Morgan fingerprint density at radius 1 is 1.62 bits per heavy atom. The number of ether oxygens (including phenoxy) is 1. The van der Waals surface area contributed by atoms with Gasteiger partial charge in [0.25, 0.3) is 0 Å². The van der Waals surface area contributed by atoms with Crippen molar-refractivity contribution in [2.24, 2.45) is 0 Å². The number of hydrogen-bond acceptors (Lipinski definition) is 3. The second kappa shape index (κ2) is 4.43. The summed E-state index contributed by atoms with van der Waals surface area (Å²) in [7, 11) is 1.34. The zero-order valence-corrected chi connectivity index (χ0v) is 10.7. The maximum absolute atomic E-state index is 11.2. The van der Waals surface area contributed by atoms with Crippen LogP contribution in [-0.4, -0.2) is 22.6 Å². The maximum Gasteiger partial charge on any atom is 0.325 e. The molecule has 0 fully saturated rings. The van der Waals surface area contributed by atoms with Gasteiger partial charge in [-0.15, -0.1) is 0 Å². The quantitative estimate of drug-likeness (QED) is 0.801. The van der Waals surface area contributed by atoms with Gasteiger partial charge in [-0.2, -0.15) is 0 Å². The van der Waals surface area contributed by atoms with E-state index in [9.17, 15) is 4.79 Å². The minimum atomic E-state index is -0.357. The predicted octanol–water partition coefficient (Wildman–Crippen LogP) is 2.63. The van der Waals surface area contributed by atoms with Gasteiger partial charge in [0.1, 0.15) is 6.54 Å². The number of imidazole rings is 1. The molecule has 0 unspecified atom stereocenters. The summed E-state index contributed by atoms with van der Waals surface area (Å²) in [6, 6.07) is 5.56. The molecule has 0 aliphatic carbocycles. The van der Waals surface area contributed by atoms with Crippen molar-refractivity contribution in [3.63, 3.8) is 0 Å². The molecular weight excluding hydrogens is 295 g/mol. The Hall–Kier alpha value is -1.07. The van der Waals surface area contributed by atoms with Crippen LogP contribution in [-0.2, 0) is 16.1 Å². The summed E-state index contributed by atoms with van der Waals surface area (Å²) >= 11 is 9.30. The summed E-state index contributed by atoms with van der Waals surface area (Å²) in [5, 5.41) is 0.276. The molecule has 0 amide bonds. The lowest BCUT2D eigenvalue weighted by molar-refractivity contribution is -0.141. The van der Waals surface area contributed by atoms with Crippen molar-refractivity contribution < 1.29 is 9.53 Å². The smallest absolute Gasteiger partial charge is 0.325 e. The Bertz CT molecular complexity index is 553. The SMILES string of the molecule is COC(=O)Cn1c(Cl)nc2cc(Br)ccc21. The first-order valence-corrected chi connectivity index (χ1v) is 5.67. The highest BCUT2D eigenvalue weighted by Gasteiger charge is 2.12. The average molecular weight is 304 g/mol. The molecule has 2 aromatic rings. The van der Waals surface area contributed by atoms with E-state index < -0.39 is 0 Å².